The number of nitrogens with one attached hydrogen (secondary N) is 1. The average Bonchev–Trinajstić information content (AvgIpc) is 2.84. The van der Waals surface area contributed by atoms with Gasteiger partial charge in [0.25, 0.3) is 0 Å². The van der Waals surface area contributed by atoms with Gasteiger partial charge < -0.3 is 11.1 Å². The Morgan fingerprint density at radius 2 is 1.86 bits per heavy atom. The molecule has 1 fully saturated rings. The number of anilines is 1. The van der Waals surface area contributed by atoms with Crippen LogP contribution in [-0.2, 0) is 9.59 Å². The van der Waals surface area contributed by atoms with Crippen molar-refractivity contribution in [1.29, 1.82) is 0 Å². The SMILES string of the molecule is Cc1ccn(-c2ccc(NC(=O)C3CCC3C(N)=O)cc2)n1. The predicted octanol–water partition coefficient (Wildman–Crippen LogP) is 1.63. The normalized spacial score (nSPS) is 20.2. The summed E-state index contributed by atoms with van der Waals surface area (Å²) < 4.78 is 1.77. The Bertz CT molecular complexity index is 705. The number of hydrogen-bond acceptors (Lipinski definition) is 3. The molecule has 2 amide bonds. The molecule has 1 aromatic heterocycles. The molecular weight excluding hydrogens is 280 g/mol. The van der Waals surface area contributed by atoms with Crippen LogP contribution in [0.2, 0.25) is 0 Å². The van der Waals surface area contributed by atoms with Crippen LogP contribution in [0.25, 0.3) is 5.69 Å². The number of primary amides is 1. The third-order valence-electron chi connectivity index (χ3n) is 4.10. The molecule has 0 aliphatic heterocycles. The molecule has 3 N–H and O–H groups in total. The van der Waals surface area contributed by atoms with Gasteiger partial charge in [-0.2, -0.15) is 5.10 Å². The van der Waals surface area contributed by atoms with E-state index in [0.29, 0.717) is 18.5 Å². The standard InChI is InChI=1S/C16H18N4O2/c1-10-8-9-20(19-10)12-4-2-11(3-5-12)18-16(22)14-7-6-13(14)15(17)21/h2-5,8-9,13-14H,6-7H2,1H3,(H2,17,21)(H,18,22). The molecule has 0 bridgehead atoms. The summed E-state index contributed by atoms with van der Waals surface area (Å²) in [7, 11) is 0. The lowest BCUT2D eigenvalue weighted by Gasteiger charge is -2.32. The van der Waals surface area contributed by atoms with Crippen molar-refractivity contribution in [2.24, 2.45) is 17.6 Å². The van der Waals surface area contributed by atoms with Crippen molar-refractivity contribution in [3.05, 3.63) is 42.2 Å². The Morgan fingerprint density at radius 1 is 1.18 bits per heavy atom. The van der Waals surface area contributed by atoms with Crippen LogP contribution in [0.3, 0.4) is 0 Å². The van der Waals surface area contributed by atoms with Crippen LogP contribution in [0.5, 0.6) is 0 Å². The number of carbonyl (C=O) groups is 2. The van der Waals surface area contributed by atoms with Crippen LogP contribution in [0, 0.1) is 18.8 Å². The molecular formula is C16H18N4O2. The lowest BCUT2D eigenvalue weighted by molar-refractivity contribution is -0.135. The maximum atomic E-state index is 12.1. The van der Waals surface area contributed by atoms with E-state index in [-0.39, 0.29) is 17.7 Å². The fourth-order valence-corrected chi connectivity index (χ4v) is 2.65. The molecule has 0 saturated heterocycles. The molecule has 6 nitrogen and oxygen atoms in total. The Kier molecular flexibility index (Phi) is 3.66. The highest BCUT2D eigenvalue weighted by Gasteiger charge is 2.40. The van der Waals surface area contributed by atoms with Crippen molar-refractivity contribution in [2.45, 2.75) is 19.8 Å². The van der Waals surface area contributed by atoms with Gasteiger partial charge >= 0.3 is 0 Å². The highest BCUT2D eigenvalue weighted by Crippen LogP contribution is 2.34. The molecule has 0 spiro atoms. The molecule has 1 aromatic carbocycles. The van der Waals surface area contributed by atoms with E-state index in [0.717, 1.165) is 11.4 Å². The van der Waals surface area contributed by atoms with Crippen molar-refractivity contribution in [1.82, 2.24) is 9.78 Å². The van der Waals surface area contributed by atoms with E-state index in [1.165, 1.54) is 0 Å². The van der Waals surface area contributed by atoms with Gasteiger partial charge in [-0.25, -0.2) is 4.68 Å². The highest BCUT2D eigenvalue weighted by atomic mass is 16.2. The zero-order chi connectivity index (χ0) is 15.7. The maximum absolute atomic E-state index is 12.1. The summed E-state index contributed by atoms with van der Waals surface area (Å²) in [5, 5.41) is 7.17. The van der Waals surface area contributed by atoms with Gasteiger partial charge in [0.15, 0.2) is 0 Å². The minimum atomic E-state index is -0.393. The molecule has 1 saturated carbocycles. The van der Waals surface area contributed by atoms with Gasteiger partial charge in [0, 0.05) is 23.7 Å². The van der Waals surface area contributed by atoms with Gasteiger partial charge in [-0.15, -0.1) is 0 Å². The monoisotopic (exact) mass is 298 g/mol. The zero-order valence-electron chi connectivity index (χ0n) is 12.3. The topological polar surface area (TPSA) is 90.0 Å². The Hall–Kier alpha value is -2.63. The van der Waals surface area contributed by atoms with Crippen molar-refractivity contribution in [2.75, 3.05) is 5.32 Å². The largest absolute Gasteiger partial charge is 0.369 e. The number of aryl methyl sites for hydroxylation is 1. The van der Waals surface area contributed by atoms with Crippen LogP contribution in [0.15, 0.2) is 36.5 Å². The second-order valence-electron chi connectivity index (χ2n) is 5.63. The zero-order valence-corrected chi connectivity index (χ0v) is 12.3. The summed E-state index contributed by atoms with van der Waals surface area (Å²) in [5.41, 5.74) is 7.84. The second-order valence-corrected chi connectivity index (χ2v) is 5.63. The molecule has 1 aliphatic carbocycles. The summed E-state index contributed by atoms with van der Waals surface area (Å²) >= 11 is 0. The van der Waals surface area contributed by atoms with E-state index in [1.54, 1.807) is 4.68 Å². The molecule has 2 aromatic rings. The summed E-state index contributed by atoms with van der Waals surface area (Å²) in [6, 6.07) is 9.34. The van der Waals surface area contributed by atoms with Crippen LogP contribution in [0.4, 0.5) is 5.69 Å². The third kappa shape index (κ3) is 2.72. The van der Waals surface area contributed by atoms with Crippen LogP contribution in [-0.4, -0.2) is 21.6 Å². The third-order valence-corrected chi connectivity index (χ3v) is 4.10. The number of aromatic nitrogens is 2. The first-order chi connectivity index (χ1) is 10.5. The number of hydrogen-bond donors (Lipinski definition) is 2. The van der Waals surface area contributed by atoms with Crippen molar-refractivity contribution >= 4 is 17.5 Å². The van der Waals surface area contributed by atoms with E-state index in [9.17, 15) is 9.59 Å². The minimum Gasteiger partial charge on any atom is -0.369 e. The maximum Gasteiger partial charge on any atom is 0.228 e. The van der Waals surface area contributed by atoms with E-state index in [2.05, 4.69) is 10.4 Å². The molecule has 3 rings (SSSR count). The number of nitrogens with two attached hydrogens (primary N) is 1. The lowest BCUT2D eigenvalue weighted by atomic mass is 9.72. The number of nitrogens with zero attached hydrogens (tertiary/aromatic N) is 2. The van der Waals surface area contributed by atoms with Crippen molar-refractivity contribution in [3.63, 3.8) is 0 Å². The van der Waals surface area contributed by atoms with Crippen LogP contribution >= 0.6 is 0 Å². The smallest absolute Gasteiger partial charge is 0.228 e. The van der Waals surface area contributed by atoms with Crippen molar-refractivity contribution < 1.29 is 9.59 Å². The Morgan fingerprint density at radius 3 is 2.36 bits per heavy atom. The van der Waals surface area contributed by atoms with Gasteiger partial charge in [-0.05, 0) is 50.1 Å². The highest BCUT2D eigenvalue weighted by molar-refractivity contribution is 5.96. The summed E-state index contributed by atoms with van der Waals surface area (Å²) in [5.74, 6) is -1.16. The number of rotatable bonds is 4. The van der Waals surface area contributed by atoms with Crippen LogP contribution in [0.1, 0.15) is 18.5 Å². The Balaban J connectivity index is 1.66. The van der Waals surface area contributed by atoms with Crippen molar-refractivity contribution in [3.8, 4) is 5.69 Å². The minimum absolute atomic E-state index is 0.141. The van der Waals surface area contributed by atoms with Gasteiger partial charge in [-0.1, -0.05) is 0 Å². The average molecular weight is 298 g/mol. The second kappa shape index (κ2) is 5.63. The van der Waals surface area contributed by atoms with Gasteiger partial charge in [0.05, 0.1) is 11.4 Å². The summed E-state index contributed by atoms with van der Waals surface area (Å²) in [6.07, 6.45) is 3.30. The predicted molar refractivity (Wildman–Crippen MR) is 82.3 cm³/mol. The fraction of sp³-hybridized carbons (Fsp3) is 0.312. The number of amides is 2. The quantitative estimate of drug-likeness (QED) is 0.899. The van der Waals surface area contributed by atoms with E-state index >= 15 is 0 Å². The first-order valence-corrected chi connectivity index (χ1v) is 7.27. The molecule has 2 atom stereocenters. The van der Waals surface area contributed by atoms with Gasteiger partial charge in [0.1, 0.15) is 0 Å². The summed E-state index contributed by atoms with van der Waals surface area (Å²) in [4.78, 5) is 23.3. The molecule has 0 radical (unpaired) electrons. The number of benzene rings is 1. The molecule has 22 heavy (non-hydrogen) atoms. The summed E-state index contributed by atoms with van der Waals surface area (Å²) in [6.45, 7) is 1.93. The molecule has 6 heteroatoms. The lowest BCUT2D eigenvalue weighted by Crippen LogP contribution is -2.43. The molecule has 1 heterocycles. The number of carbonyl (C=O) groups excluding carboxylic acids is 2. The first kappa shape index (κ1) is 14.3. The molecule has 2 unspecified atom stereocenters. The fourth-order valence-electron chi connectivity index (χ4n) is 2.65. The van der Waals surface area contributed by atoms with E-state index in [1.807, 2.05) is 43.5 Å². The molecule has 1 aliphatic rings. The van der Waals surface area contributed by atoms with E-state index in [4.69, 9.17) is 5.73 Å². The first-order valence-electron chi connectivity index (χ1n) is 7.27. The van der Waals surface area contributed by atoms with Crippen LogP contribution < -0.4 is 11.1 Å². The van der Waals surface area contributed by atoms with Gasteiger partial charge in [-0.3, -0.25) is 9.59 Å². The van der Waals surface area contributed by atoms with E-state index < -0.39 is 5.91 Å². The van der Waals surface area contributed by atoms with Gasteiger partial charge in [0.2, 0.25) is 11.8 Å². The Labute approximate surface area is 128 Å². The molecule has 114 valence electrons.